The van der Waals surface area contributed by atoms with E-state index >= 15 is 0 Å². The third-order valence-electron chi connectivity index (χ3n) is 1.97. The van der Waals surface area contributed by atoms with Crippen molar-refractivity contribution in [2.75, 3.05) is 13.2 Å². The first-order valence-corrected chi connectivity index (χ1v) is 5.47. The molecule has 2 N–H and O–H groups in total. The molecule has 100 valence electrons. The Kier molecular flexibility index (Phi) is 4.69. The fourth-order valence-electron chi connectivity index (χ4n) is 1.11. The van der Waals surface area contributed by atoms with Crippen LogP contribution >= 0.6 is 15.9 Å². The van der Waals surface area contributed by atoms with Gasteiger partial charge in [-0.05, 0) is 12.1 Å². The summed E-state index contributed by atoms with van der Waals surface area (Å²) in [5.74, 6) is -7.21. The van der Waals surface area contributed by atoms with Crippen molar-refractivity contribution in [1.82, 2.24) is 5.32 Å². The normalized spacial score (nSPS) is 11.4. The highest BCUT2D eigenvalue weighted by Crippen LogP contribution is 2.19. The van der Waals surface area contributed by atoms with Gasteiger partial charge in [-0.25, -0.2) is 17.6 Å². The Balaban J connectivity index is 2.86. The summed E-state index contributed by atoms with van der Waals surface area (Å²) in [7, 11) is 0. The molecule has 8 heteroatoms. The number of carbonyl (C=O) groups excluding carboxylic acids is 1. The molecule has 1 rings (SSSR count). The fraction of sp³-hybridized carbons (Fsp3) is 0.300. The maximum absolute atomic E-state index is 13.3. The second-order valence-electron chi connectivity index (χ2n) is 3.44. The Morgan fingerprint density at radius 1 is 1.33 bits per heavy atom. The lowest BCUT2D eigenvalue weighted by Gasteiger charge is -2.14. The van der Waals surface area contributed by atoms with Gasteiger partial charge in [-0.1, -0.05) is 15.9 Å². The van der Waals surface area contributed by atoms with E-state index in [9.17, 15) is 22.4 Å². The van der Waals surface area contributed by atoms with Crippen LogP contribution in [-0.4, -0.2) is 30.1 Å². The van der Waals surface area contributed by atoms with Gasteiger partial charge in [0.05, 0.1) is 6.54 Å². The van der Waals surface area contributed by atoms with Gasteiger partial charge >= 0.3 is 0 Å². The molecule has 0 aromatic heterocycles. The molecule has 0 aliphatic carbocycles. The summed E-state index contributed by atoms with van der Waals surface area (Å²) in [6.45, 7) is -2.68. The Morgan fingerprint density at radius 2 is 1.83 bits per heavy atom. The van der Waals surface area contributed by atoms with E-state index in [4.69, 9.17) is 5.11 Å². The standard InChI is InChI=1S/C10H8BrF4NO2/c11-5-1-6(12)8(7(13)2-5)9(18)16-3-10(14,15)4-17/h1-2,17H,3-4H2,(H,16,18). The number of carbonyl (C=O) groups is 1. The quantitative estimate of drug-likeness (QED) is 0.831. The van der Waals surface area contributed by atoms with E-state index in [2.05, 4.69) is 15.9 Å². The number of hydrogen-bond acceptors (Lipinski definition) is 2. The third kappa shape index (κ3) is 3.67. The predicted octanol–water partition coefficient (Wildman–Crippen LogP) is 2.08. The lowest BCUT2D eigenvalue weighted by molar-refractivity contribution is -0.0462. The zero-order chi connectivity index (χ0) is 13.9. The molecule has 1 aromatic rings. The number of rotatable bonds is 4. The SMILES string of the molecule is O=C(NCC(F)(F)CO)c1c(F)cc(Br)cc1F. The summed E-state index contributed by atoms with van der Waals surface area (Å²) in [5.41, 5.74) is -0.952. The Bertz CT molecular complexity index is 444. The minimum absolute atomic E-state index is 0.0785. The van der Waals surface area contributed by atoms with Gasteiger partial charge in [-0.2, -0.15) is 0 Å². The molecular formula is C10H8BrF4NO2. The monoisotopic (exact) mass is 329 g/mol. The summed E-state index contributed by atoms with van der Waals surface area (Å²) in [5, 5.41) is 9.91. The number of amides is 1. The maximum Gasteiger partial charge on any atom is 0.287 e. The lowest BCUT2D eigenvalue weighted by Crippen LogP contribution is -2.39. The van der Waals surface area contributed by atoms with Crippen molar-refractivity contribution in [3.8, 4) is 0 Å². The lowest BCUT2D eigenvalue weighted by atomic mass is 10.2. The Labute approximate surface area is 108 Å². The van der Waals surface area contributed by atoms with Gasteiger partial charge in [0, 0.05) is 4.47 Å². The molecule has 0 spiro atoms. The van der Waals surface area contributed by atoms with Crippen LogP contribution in [0.5, 0.6) is 0 Å². The number of benzene rings is 1. The van der Waals surface area contributed by atoms with Gasteiger partial charge in [0.2, 0.25) is 0 Å². The van der Waals surface area contributed by atoms with Crippen molar-refractivity contribution in [2.45, 2.75) is 5.92 Å². The summed E-state index contributed by atoms with van der Waals surface area (Å²) in [4.78, 5) is 11.3. The second-order valence-corrected chi connectivity index (χ2v) is 4.36. The van der Waals surface area contributed by atoms with Crippen LogP contribution < -0.4 is 5.32 Å². The van der Waals surface area contributed by atoms with Crippen LogP contribution in [0.25, 0.3) is 0 Å². The molecule has 0 atom stereocenters. The summed E-state index contributed by atoms with van der Waals surface area (Å²) >= 11 is 2.81. The zero-order valence-corrected chi connectivity index (χ0v) is 10.4. The molecule has 0 aliphatic rings. The van der Waals surface area contributed by atoms with Gasteiger partial charge < -0.3 is 10.4 Å². The van der Waals surface area contributed by atoms with E-state index < -0.39 is 42.2 Å². The van der Waals surface area contributed by atoms with Gasteiger partial charge in [0.25, 0.3) is 11.8 Å². The number of alkyl halides is 2. The van der Waals surface area contributed by atoms with Gasteiger partial charge in [0.1, 0.15) is 23.8 Å². The van der Waals surface area contributed by atoms with E-state index in [0.29, 0.717) is 0 Å². The molecule has 0 fully saturated rings. The van der Waals surface area contributed by atoms with Crippen LogP contribution in [0.3, 0.4) is 0 Å². The van der Waals surface area contributed by atoms with E-state index in [1.807, 2.05) is 0 Å². The number of hydrogen-bond donors (Lipinski definition) is 2. The van der Waals surface area contributed by atoms with Crippen LogP contribution in [0.2, 0.25) is 0 Å². The van der Waals surface area contributed by atoms with E-state index in [1.54, 1.807) is 5.32 Å². The highest BCUT2D eigenvalue weighted by molar-refractivity contribution is 9.10. The molecule has 0 aliphatic heterocycles. The molecule has 0 bridgehead atoms. The minimum atomic E-state index is -3.54. The van der Waals surface area contributed by atoms with Crippen LogP contribution in [-0.2, 0) is 0 Å². The van der Waals surface area contributed by atoms with Crippen molar-refractivity contribution in [1.29, 1.82) is 0 Å². The smallest absolute Gasteiger partial charge is 0.287 e. The molecule has 1 amide bonds. The van der Waals surface area contributed by atoms with Crippen molar-refractivity contribution in [3.05, 3.63) is 33.8 Å². The number of nitrogens with one attached hydrogen (secondary N) is 1. The Morgan fingerprint density at radius 3 is 2.28 bits per heavy atom. The molecule has 0 radical (unpaired) electrons. The third-order valence-corrected chi connectivity index (χ3v) is 2.43. The average molecular weight is 330 g/mol. The maximum atomic E-state index is 13.3. The van der Waals surface area contributed by atoms with Gasteiger partial charge in [-0.15, -0.1) is 0 Å². The summed E-state index contributed by atoms with van der Waals surface area (Å²) in [6.07, 6.45) is 0. The first-order chi connectivity index (χ1) is 8.26. The van der Waals surface area contributed by atoms with Crippen molar-refractivity contribution >= 4 is 21.8 Å². The molecule has 3 nitrogen and oxygen atoms in total. The number of halogens is 5. The van der Waals surface area contributed by atoms with Crippen LogP contribution in [0, 0.1) is 11.6 Å². The zero-order valence-electron chi connectivity index (χ0n) is 8.81. The molecule has 0 saturated carbocycles. The molecular weight excluding hydrogens is 322 g/mol. The molecule has 0 heterocycles. The fourth-order valence-corrected chi connectivity index (χ4v) is 1.51. The first kappa shape index (κ1) is 14.9. The minimum Gasteiger partial charge on any atom is -0.390 e. The van der Waals surface area contributed by atoms with Crippen LogP contribution in [0.4, 0.5) is 17.6 Å². The highest BCUT2D eigenvalue weighted by Gasteiger charge is 2.29. The summed E-state index contributed by atoms with van der Waals surface area (Å²) < 4.78 is 51.9. The molecule has 0 saturated heterocycles. The topological polar surface area (TPSA) is 49.3 Å². The molecule has 1 aromatic carbocycles. The predicted molar refractivity (Wildman–Crippen MR) is 58.4 cm³/mol. The molecule has 0 unspecified atom stereocenters. The average Bonchev–Trinajstić information content (AvgIpc) is 2.25. The van der Waals surface area contributed by atoms with Gasteiger partial charge in [-0.3, -0.25) is 4.79 Å². The van der Waals surface area contributed by atoms with E-state index in [1.165, 1.54) is 0 Å². The van der Waals surface area contributed by atoms with E-state index in [0.717, 1.165) is 12.1 Å². The van der Waals surface area contributed by atoms with Crippen molar-refractivity contribution < 1.29 is 27.5 Å². The van der Waals surface area contributed by atoms with E-state index in [-0.39, 0.29) is 4.47 Å². The Hall–Kier alpha value is -1.15. The summed E-state index contributed by atoms with van der Waals surface area (Å²) in [6, 6.07) is 1.67. The second kappa shape index (κ2) is 5.66. The number of aliphatic hydroxyl groups is 1. The number of aliphatic hydroxyl groups excluding tert-OH is 1. The van der Waals surface area contributed by atoms with Crippen LogP contribution in [0.1, 0.15) is 10.4 Å². The molecule has 18 heavy (non-hydrogen) atoms. The highest BCUT2D eigenvalue weighted by atomic mass is 79.9. The van der Waals surface area contributed by atoms with Crippen molar-refractivity contribution in [3.63, 3.8) is 0 Å². The van der Waals surface area contributed by atoms with Crippen molar-refractivity contribution in [2.24, 2.45) is 0 Å². The van der Waals surface area contributed by atoms with Gasteiger partial charge in [0.15, 0.2) is 0 Å². The van der Waals surface area contributed by atoms with Crippen LogP contribution in [0.15, 0.2) is 16.6 Å². The largest absolute Gasteiger partial charge is 0.390 e. The first-order valence-electron chi connectivity index (χ1n) is 4.68.